The summed E-state index contributed by atoms with van der Waals surface area (Å²) in [7, 11) is 0. The lowest BCUT2D eigenvalue weighted by Crippen LogP contribution is -2.13. The molecule has 1 heteroatoms. The molecule has 0 radical (unpaired) electrons. The van der Waals surface area contributed by atoms with Crippen molar-refractivity contribution in [2.75, 3.05) is 4.90 Å². The molecule has 11 aromatic rings. The van der Waals surface area contributed by atoms with E-state index in [2.05, 4.69) is 254 Å². The number of anilines is 3. The first-order chi connectivity index (χ1) is 30.3. The highest BCUT2D eigenvalue weighted by Crippen LogP contribution is 2.52. The highest BCUT2D eigenvalue weighted by Gasteiger charge is 2.26. The van der Waals surface area contributed by atoms with Crippen LogP contribution < -0.4 is 4.90 Å². The first-order valence-electron chi connectivity index (χ1n) is 21.0. The highest BCUT2D eigenvalue weighted by atomic mass is 15.1. The second-order valence-corrected chi connectivity index (χ2v) is 15.6. The Morgan fingerprint density at radius 2 is 0.672 bits per heavy atom. The van der Waals surface area contributed by atoms with Gasteiger partial charge in [-0.15, -0.1) is 0 Å². The zero-order chi connectivity index (χ0) is 40.5. The number of nitrogens with zero attached hydrogens (tertiary/aromatic N) is 1. The van der Waals surface area contributed by atoms with Crippen molar-refractivity contribution >= 4 is 49.4 Å². The second kappa shape index (κ2) is 15.6. The minimum atomic E-state index is 1.08. The van der Waals surface area contributed by atoms with E-state index in [-0.39, 0.29) is 0 Å². The Kier molecular flexibility index (Phi) is 9.26. The van der Waals surface area contributed by atoms with E-state index in [9.17, 15) is 0 Å². The molecule has 0 amide bonds. The van der Waals surface area contributed by atoms with Crippen LogP contribution in [0.2, 0.25) is 0 Å². The Labute approximate surface area is 357 Å². The molecule has 0 atom stereocenters. The Hall–Kier alpha value is -8.00. The molecule has 0 N–H and O–H groups in total. The van der Waals surface area contributed by atoms with Gasteiger partial charge in [-0.2, -0.15) is 0 Å². The molecule has 0 unspecified atom stereocenters. The molecule has 0 aromatic heterocycles. The van der Waals surface area contributed by atoms with E-state index < -0.39 is 0 Å². The SMILES string of the molecule is c1ccc(-c2ccc3c(-c4ccccc4)c(N(c4ccccc4)c4ccc(-c5ccc6c(ccc7ccccc76)c5)c(-c5ccccc5)c4-c4ccccc4)ccc3c2)cc1. The summed E-state index contributed by atoms with van der Waals surface area (Å²) in [6.45, 7) is 0. The summed E-state index contributed by atoms with van der Waals surface area (Å²) in [5, 5.41) is 7.42. The van der Waals surface area contributed by atoms with E-state index in [1.165, 1.54) is 82.4 Å². The van der Waals surface area contributed by atoms with Gasteiger partial charge in [0.15, 0.2) is 0 Å². The van der Waals surface area contributed by atoms with Crippen molar-refractivity contribution in [1.82, 2.24) is 0 Å². The van der Waals surface area contributed by atoms with Crippen LogP contribution in [0.15, 0.2) is 249 Å². The molecule has 0 aliphatic heterocycles. The molecule has 286 valence electrons. The molecule has 11 aromatic carbocycles. The molecular formula is C60H41N. The van der Waals surface area contributed by atoms with Crippen LogP contribution in [-0.4, -0.2) is 0 Å². The summed E-state index contributed by atoms with van der Waals surface area (Å²) >= 11 is 0. The maximum Gasteiger partial charge on any atom is 0.0546 e. The maximum absolute atomic E-state index is 2.48. The lowest BCUT2D eigenvalue weighted by molar-refractivity contribution is 1.29. The van der Waals surface area contributed by atoms with Gasteiger partial charge < -0.3 is 4.90 Å². The average Bonchev–Trinajstić information content (AvgIpc) is 3.35. The summed E-state index contributed by atoms with van der Waals surface area (Å²) in [4.78, 5) is 2.48. The van der Waals surface area contributed by atoms with E-state index in [0.29, 0.717) is 0 Å². The third-order valence-electron chi connectivity index (χ3n) is 12.0. The van der Waals surface area contributed by atoms with E-state index in [0.717, 1.165) is 22.6 Å². The van der Waals surface area contributed by atoms with Crippen molar-refractivity contribution in [3.05, 3.63) is 249 Å². The summed E-state index contributed by atoms with van der Waals surface area (Å²) in [5.41, 5.74) is 15.1. The monoisotopic (exact) mass is 775 g/mol. The van der Waals surface area contributed by atoms with Crippen LogP contribution in [0.4, 0.5) is 17.1 Å². The van der Waals surface area contributed by atoms with Gasteiger partial charge >= 0.3 is 0 Å². The van der Waals surface area contributed by atoms with Gasteiger partial charge in [0, 0.05) is 16.8 Å². The molecule has 11 rings (SSSR count). The van der Waals surface area contributed by atoms with Gasteiger partial charge in [-0.25, -0.2) is 0 Å². The van der Waals surface area contributed by atoms with Crippen LogP contribution in [-0.2, 0) is 0 Å². The van der Waals surface area contributed by atoms with E-state index in [1.54, 1.807) is 0 Å². The van der Waals surface area contributed by atoms with Crippen LogP contribution in [0, 0.1) is 0 Å². The van der Waals surface area contributed by atoms with Crippen molar-refractivity contribution in [3.63, 3.8) is 0 Å². The molecule has 0 spiro atoms. The zero-order valence-corrected chi connectivity index (χ0v) is 33.6. The first-order valence-corrected chi connectivity index (χ1v) is 21.0. The van der Waals surface area contributed by atoms with Gasteiger partial charge in [-0.3, -0.25) is 0 Å². The van der Waals surface area contributed by atoms with Gasteiger partial charge in [-0.05, 0) is 113 Å². The fraction of sp³-hybridized carbons (Fsp3) is 0. The summed E-state index contributed by atoms with van der Waals surface area (Å²) in [6, 6.07) is 90.6. The van der Waals surface area contributed by atoms with Crippen molar-refractivity contribution in [2.45, 2.75) is 0 Å². The fourth-order valence-corrected chi connectivity index (χ4v) is 9.21. The van der Waals surface area contributed by atoms with Gasteiger partial charge in [0.2, 0.25) is 0 Å². The highest BCUT2D eigenvalue weighted by molar-refractivity contribution is 6.11. The maximum atomic E-state index is 2.48. The number of fused-ring (bicyclic) bond motifs is 4. The molecule has 0 bridgehead atoms. The van der Waals surface area contributed by atoms with Crippen molar-refractivity contribution in [3.8, 4) is 55.6 Å². The Balaban J connectivity index is 1.21. The third-order valence-corrected chi connectivity index (χ3v) is 12.0. The summed E-state index contributed by atoms with van der Waals surface area (Å²) < 4.78 is 0. The molecule has 0 saturated carbocycles. The molecule has 0 saturated heterocycles. The summed E-state index contributed by atoms with van der Waals surface area (Å²) in [5.74, 6) is 0. The zero-order valence-electron chi connectivity index (χ0n) is 33.6. The largest absolute Gasteiger partial charge is 0.309 e. The third kappa shape index (κ3) is 6.63. The number of hydrogen-bond donors (Lipinski definition) is 0. The predicted molar refractivity (Wildman–Crippen MR) is 261 cm³/mol. The quantitative estimate of drug-likeness (QED) is 0.139. The minimum absolute atomic E-state index is 1.08. The van der Waals surface area contributed by atoms with Crippen molar-refractivity contribution in [2.24, 2.45) is 0 Å². The lowest BCUT2D eigenvalue weighted by atomic mass is 9.85. The van der Waals surface area contributed by atoms with Gasteiger partial charge in [0.1, 0.15) is 0 Å². The molecule has 0 fully saturated rings. The molecular weight excluding hydrogens is 735 g/mol. The van der Waals surface area contributed by atoms with Crippen LogP contribution in [0.5, 0.6) is 0 Å². The first kappa shape index (κ1) is 36.1. The predicted octanol–water partition coefficient (Wildman–Crippen LogP) is 17.0. The van der Waals surface area contributed by atoms with E-state index >= 15 is 0 Å². The van der Waals surface area contributed by atoms with E-state index in [4.69, 9.17) is 0 Å². The number of benzene rings is 11. The molecule has 0 aliphatic rings. The van der Waals surface area contributed by atoms with Gasteiger partial charge in [0.05, 0.1) is 11.4 Å². The Morgan fingerprint density at radius 1 is 0.230 bits per heavy atom. The topological polar surface area (TPSA) is 3.24 Å². The van der Waals surface area contributed by atoms with Gasteiger partial charge in [0.25, 0.3) is 0 Å². The fourth-order valence-electron chi connectivity index (χ4n) is 9.21. The van der Waals surface area contributed by atoms with Crippen LogP contribution in [0.1, 0.15) is 0 Å². The molecule has 0 heterocycles. The Morgan fingerprint density at radius 3 is 1.36 bits per heavy atom. The molecule has 61 heavy (non-hydrogen) atoms. The second-order valence-electron chi connectivity index (χ2n) is 15.6. The number of hydrogen-bond acceptors (Lipinski definition) is 1. The van der Waals surface area contributed by atoms with Crippen LogP contribution >= 0.6 is 0 Å². The average molecular weight is 776 g/mol. The van der Waals surface area contributed by atoms with Crippen LogP contribution in [0.25, 0.3) is 88.0 Å². The number of para-hydroxylation sites is 1. The summed E-state index contributed by atoms with van der Waals surface area (Å²) in [6.07, 6.45) is 0. The smallest absolute Gasteiger partial charge is 0.0546 e. The molecule has 0 aliphatic carbocycles. The Bertz CT molecular complexity index is 3320. The molecule has 1 nitrogen and oxygen atoms in total. The van der Waals surface area contributed by atoms with E-state index in [1.807, 2.05) is 0 Å². The standard InChI is InChI=1S/C60H41N/c1-6-18-42(19-7-1)47-32-36-54-50(40-47)34-38-56(58(54)44-21-8-2-9-22-44)61(51-27-14-5-15-28-51)57-39-37-55(49-33-35-53-48(41-49)31-30-43-20-16-17-29-52(43)53)59(45-23-10-3-11-24-45)60(57)46-25-12-4-13-26-46/h1-41H. The van der Waals surface area contributed by atoms with Crippen LogP contribution in [0.3, 0.4) is 0 Å². The van der Waals surface area contributed by atoms with Crippen molar-refractivity contribution < 1.29 is 0 Å². The number of rotatable bonds is 8. The normalized spacial score (nSPS) is 11.3. The van der Waals surface area contributed by atoms with Gasteiger partial charge in [-0.1, -0.05) is 212 Å². The lowest BCUT2D eigenvalue weighted by Gasteiger charge is -2.32. The minimum Gasteiger partial charge on any atom is -0.309 e. The van der Waals surface area contributed by atoms with Crippen molar-refractivity contribution in [1.29, 1.82) is 0 Å².